The fourth-order valence-electron chi connectivity index (χ4n) is 0. The second-order valence-electron chi connectivity index (χ2n) is 0.415. The third-order valence-corrected chi connectivity index (χ3v) is 0. The van der Waals surface area contributed by atoms with E-state index in [9.17, 15) is 0 Å². The third-order valence-electron chi connectivity index (χ3n) is 0. The summed E-state index contributed by atoms with van der Waals surface area (Å²) >= 11 is -5.12. The predicted octanol–water partition coefficient (Wildman–Crippen LogP) is -1.37. The maximum atomic E-state index is 8.80. The molecule has 0 rings (SSSR count). The Morgan fingerprint density at radius 3 is 1.14 bits per heavy atom. The first-order valence-electron chi connectivity index (χ1n) is 0.647. The van der Waals surface area contributed by atoms with Gasteiger partial charge in [0, 0.05) is 0 Å². The Bertz CT molecular complexity index is 94.9. The molecule has 0 heterocycles. The van der Waals surface area contributed by atoms with E-state index >= 15 is 0 Å². The normalized spacial score (nSPS) is 8.29. The summed E-state index contributed by atoms with van der Waals surface area (Å²) in [7, 11) is 0. The molecule has 4 nitrogen and oxygen atoms in total. The second-order valence-corrected chi connectivity index (χ2v) is 1.71. The Morgan fingerprint density at radius 1 is 1.14 bits per heavy atom. The van der Waals surface area contributed by atoms with Gasteiger partial charge in [-0.15, -0.1) is 0 Å². The second kappa shape index (κ2) is 5.18. The molecule has 7 heavy (non-hydrogen) atoms. The minimum absolute atomic E-state index is 0. The SMILES string of the molecule is C.[NaH].[O]=[Mn](=[O])([OH])[OH]. The molecule has 43 valence electrons. The molecule has 0 amide bonds. The molecule has 0 aromatic rings. The molecular weight excluding hydrogens is 154 g/mol. The Kier molecular flexibility index (Phi) is 11.6. The maximum absolute atomic E-state index is 8.80. The summed E-state index contributed by atoms with van der Waals surface area (Å²) in [5, 5.41) is 0. The Balaban J connectivity index is -0.0000000800. The zero-order valence-electron chi connectivity index (χ0n) is 2.09. The molecule has 6 heteroatoms. The molecule has 0 spiro atoms. The molecular formula is CH7MnNaO4. The third kappa shape index (κ3) is 165. The van der Waals surface area contributed by atoms with Crippen LogP contribution in [0.5, 0.6) is 0 Å². The van der Waals surface area contributed by atoms with Crippen LogP contribution in [0.3, 0.4) is 0 Å². The topological polar surface area (TPSA) is 74.6 Å². The Morgan fingerprint density at radius 2 is 1.14 bits per heavy atom. The van der Waals surface area contributed by atoms with Gasteiger partial charge >= 0.3 is 59.0 Å². The first-order chi connectivity index (χ1) is 2.00. The van der Waals surface area contributed by atoms with Crippen molar-refractivity contribution in [2.75, 3.05) is 0 Å². The standard InChI is InChI=1S/CH4.Mn.Na.2H2O.2O.H/h1H4;;;2*1H2;;;/q;+2;;;;;;/p-2. The fourth-order valence-corrected chi connectivity index (χ4v) is 0. The van der Waals surface area contributed by atoms with E-state index in [0.717, 1.165) is 0 Å². The number of hydrogen-bond acceptors (Lipinski definition) is 2. The van der Waals surface area contributed by atoms with Crippen molar-refractivity contribution in [2.45, 2.75) is 7.43 Å². The van der Waals surface area contributed by atoms with Gasteiger partial charge in [0.05, 0.1) is 0 Å². The van der Waals surface area contributed by atoms with Crippen molar-refractivity contribution in [2.24, 2.45) is 0 Å². The van der Waals surface area contributed by atoms with Crippen molar-refractivity contribution < 1.29 is 29.4 Å². The van der Waals surface area contributed by atoms with Crippen molar-refractivity contribution in [3.63, 3.8) is 0 Å². The van der Waals surface area contributed by atoms with E-state index in [4.69, 9.17) is 16.0 Å². The molecule has 0 saturated carbocycles. The average molecular weight is 161 g/mol. The van der Waals surface area contributed by atoms with E-state index in [-0.39, 0.29) is 37.0 Å². The van der Waals surface area contributed by atoms with Gasteiger partial charge in [0.1, 0.15) is 0 Å². The van der Waals surface area contributed by atoms with Crippen LogP contribution in [-0.4, -0.2) is 37.9 Å². The van der Waals surface area contributed by atoms with Crippen molar-refractivity contribution in [3.8, 4) is 0 Å². The van der Waals surface area contributed by atoms with E-state index in [0.29, 0.717) is 0 Å². The molecule has 0 bridgehead atoms. The number of hydrogen-bond donors (Lipinski definition) is 2. The molecule has 0 aliphatic heterocycles. The summed E-state index contributed by atoms with van der Waals surface area (Å²) in [5.74, 6) is 0. The molecule has 0 aliphatic rings. The first kappa shape index (κ1) is 15.7. The van der Waals surface area contributed by atoms with Crippen LogP contribution < -0.4 is 0 Å². The molecule has 2 N–H and O–H groups in total. The zero-order valence-corrected chi connectivity index (χ0v) is 3.27. The molecule has 0 aliphatic carbocycles. The van der Waals surface area contributed by atoms with Gasteiger partial charge < -0.3 is 0 Å². The van der Waals surface area contributed by atoms with Gasteiger partial charge in [-0.05, 0) is 0 Å². The summed E-state index contributed by atoms with van der Waals surface area (Å²) in [6.45, 7) is 0. The molecule has 0 aromatic heterocycles. The van der Waals surface area contributed by atoms with Gasteiger partial charge in [0.2, 0.25) is 0 Å². The van der Waals surface area contributed by atoms with Gasteiger partial charge in [-0.25, -0.2) is 0 Å². The molecule has 0 atom stereocenters. The quantitative estimate of drug-likeness (QED) is 0.430. The molecule has 0 fully saturated rings. The first-order valence-corrected chi connectivity index (χ1v) is 2.67. The van der Waals surface area contributed by atoms with Crippen LogP contribution in [0.4, 0.5) is 0 Å². The van der Waals surface area contributed by atoms with Crippen LogP contribution >= 0.6 is 0 Å². The van der Waals surface area contributed by atoms with Gasteiger partial charge in [-0.3, -0.25) is 0 Å². The van der Waals surface area contributed by atoms with Crippen LogP contribution in [0.15, 0.2) is 0 Å². The predicted molar refractivity (Wildman–Crippen MR) is 19.7 cm³/mol. The van der Waals surface area contributed by atoms with E-state index in [1.54, 1.807) is 0 Å². The summed E-state index contributed by atoms with van der Waals surface area (Å²) in [6.07, 6.45) is 0. The number of rotatable bonds is 0. The van der Waals surface area contributed by atoms with Gasteiger partial charge in [-0.2, -0.15) is 0 Å². The van der Waals surface area contributed by atoms with Crippen LogP contribution in [0.2, 0.25) is 0 Å². The molecule has 0 radical (unpaired) electrons. The summed E-state index contributed by atoms with van der Waals surface area (Å²) in [6, 6.07) is 0. The summed E-state index contributed by atoms with van der Waals surface area (Å²) < 4.78 is 31.8. The van der Waals surface area contributed by atoms with Crippen molar-refractivity contribution >= 4 is 29.6 Å². The fraction of sp³-hybridized carbons (Fsp3) is 1.00. The van der Waals surface area contributed by atoms with Crippen molar-refractivity contribution in [1.29, 1.82) is 0 Å². The zero-order chi connectivity index (χ0) is 4.50. The monoisotopic (exact) mass is 161 g/mol. The van der Waals surface area contributed by atoms with E-state index in [2.05, 4.69) is 0 Å². The summed E-state index contributed by atoms with van der Waals surface area (Å²) in [5.41, 5.74) is 0. The van der Waals surface area contributed by atoms with Crippen LogP contribution in [0.25, 0.3) is 0 Å². The average Bonchev–Trinajstić information content (AvgIpc) is 0.722. The molecule has 0 aromatic carbocycles. The van der Waals surface area contributed by atoms with Gasteiger partial charge in [0.15, 0.2) is 0 Å². The van der Waals surface area contributed by atoms with Crippen LogP contribution in [0, 0.1) is 0 Å². The van der Waals surface area contributed by atoms with E-state index in [1.165, 1.54) is 0 Å². The van der Waals surface area contributed by atoms with E-state index in [1.807, 2.05) is 0 Å². The van der Waals surface area contributed by atoms with Crippen molar-refractivity contribution in [3.05, 3.63) is 0 Å². The summed E-state index contributed by atoms with van der Waals surface area (Å²) in [4.78, 5) is 0. The van der Waals surface area contributed by atoms with Crippen LogP contribution in [-0.2, 0) is 21.0 Å². The minimum atomic E-state index is -5.12. The van der Waals surface area contributed by atoms with Crippen molar-refractivity contribution in [1.82, 2.24) is 0 Å². The van der Waals surface area contributed by atoms with E-state index < -0.39 is 13.4 Å². The van der Waals surface area contributed by atoms with Crippen LogP contribution in [0.1, 0.15) is 7.43 Å². The van der Waals surface area contributed by atoms with Gasteiger partial charge in [-0.1, -0.05) is 7.43 Å². The Labute approximate surface area is 66.1 Å². The Hall–Kier alpha value is 1.04. The van der Waals surface area contributed by atoms with Gasteiger partial charge in [0.25, 0.3) is 0 Å². The molecule has 0 saturated heterocycles. The molecule has 0 unspecified atom stereocenters.